The van der Waals surface area contributed by atoms with Crippen LogP contribution in [0, 0.1) is 0 Å². The summed E-state index contributed by atoms with van der Waals surface area (Å²) in [5.74, 6) is -0.424. The van der Waals surface area contributed by atoms with E-state index in [9.17, 15) is 4.79 Å². The number of nitrogens with zero attached hydrogens (tertiary/aromatic N) is 4. The van der Waals surface area contributed by atoms with E-state index in [-0.39, 0.29) is 6.61 Å². The molecular formula is C16H14N4O2S. The molecule has 0 unspecified atom stereocenters. The minimum Gasteiger partial charge on any atom is -0.456 e. The Labute approximate surface area is 137 Å². The Balaban J connectivity index is 1.55. The second kappa shape index (κ2) is 6.97. The number of aromatic nitrogens is 4. The molecule has 0 N–H and O–H groups in total. The highest BCUT2D eigenvalue weighted by atomic mass is 32.1. The summed E-state index contributed by atoms with van der Waals surface area (Å²) in [5, 5.41) is 6.84. The highest BCUT2D eigenvalue weighted by Crippen LogP contribution is 2.23. The third-order valence-electron chi connectivity index (χ3n) is 2.94. The monoisotopic (exact) mass is 326 g/mol. The predicted molar refractivity (Wildman–Crippen MR) is 87.4 cm³/mol. The van der Waals surface area contributed by atoms with E-state index in [4.69, 9.17) is 4.74 Å². The van der Waals surface area contributed by atoms with Gasteiger partial charge in [0.2, 0.25) is 0 Å². The van der Waals surface area contributed by atoms with Gasteiger partial charge >= 0.3 is 5.97 Å². The van der Waals surface area contributed by atoms with E-state index in [1.54, 1.807) is 23.2 Å². The van der Waals surface area contributed by atoms with Crippen LogP contribution in [0.25, 0.3) is 16.6 Å². The minimum atomic E-state index is -0.424. The fraction of sp³-hybridized carbons (Fsp3) is 0.125. The summed E-state index contributed by atoms with van der Waals surface area (Å²) >= 11 is 1.49. The summed E-state index contributed by atoms with van der Waals surface area (Å²) in [6.07, 6.45) is 8.29. The van der Waals surface area contributed by atoms with Crippen LogP contribution in [-0.4, -0.2) is 25.7 Å². The topological polar surface area (TPSA) is 69.9 Å². The molecule has 0 aliphatic rings. The lowest BCUT2D eigenvalue weighted by Gasteiger charge is -1.98. The van der Waals surface area contributed by atoms with Gasteiger partial charge in [-0.15, -0.1) is 11.3 Å². The van der Waals surface area contributed by atoms with Gasteiger partial charge in [0, 0.05) is 36.5 Å². The Morgan fingerprint density at radius 1 is 1.43 bits per heavy atom. The molecule has 0 aliphatic heterocycles. The first-order chi connectivity index (χ1) is 11.2. The molecular weight excluding hydrogens is 312 g/mol. The van der Waals surface area contributed by atoms with Crippen molar-refractivity contribution in [2.75, 3.05) is 0 Å². The van der Waals surface area contributed by atoms with E-state index in [0.717, 1.165) is 10.6 Å². The van der Waals surface area contributed by atoms with E-state index >= 15 is 0 Å². The van der Waals surface area contributed by atoms with Crippen molar-refractivity contribution in [3.8, 4) is 10.6 Å². The SMILES string of the molecule is Cn1cc(-c2nc(COC(=O)/C=C\c3ccccn3)cs2)cn1. The molecule has 0 atom stereocenters. The Morgan fingerprint density at radius 3 is 3.09 bits per heavy atom. The fourth-order valence-electron chi connectivity index (χ4n) is 1.86. The maximum absolute atomic E-state index is 11.7. The number of hydrogen-bond acceptors (Lipinski definition) is 6. The van der Waals surface area contributed by atoms with E-state index in [0.29, 0.717) is 11.4 Å². The largest absolute Gasteiger partial charge is 0.456 e. The average molecular weight is 326 g/mol. The van der Waals surface area contributed by atoms with Gasteiger partial charge in [0.25, 0.3) is 0 Å². The summed E-state index contributed by atoms with van der Waals surface area (Å²) in [6, 6.07) is 5.48. The molecule has 0 fully saturated rings. The van der Waals surface area contributed by atoms with Gasteiger partial charge in [0.1, 0.15) is 11.6 Å². The second-order valence-electron chi connectivity index (χ2n) is 4.74. The third kappa shape index (κ3) is 4.10. The van der Waals surface area contributed by atoms with Crippen molar-refractivity contribution >= 4 is 23.4 Å². The number of ether oxygens (including phenoxy) is 1. The summed E-state index contributed by atoms with van der Waals surface area (Å²) in [5.41, 5.74) is 2.37. The van der Waals surface area contributed by atoms with E-state index in [1.165, 1.54) is 17.4 Å². The standard InChI is InChI=1S/C16H14N4O2S/c1-20-9-12(8-18-20)16-19-14(11-23-16)10-22-15(21)6-5-13-4-2-3-7-17-13/h2-9,11H,10H2,1H3/b6-5-. The van der Waals surface area contributed by atoms with Crippen LogP contribution in [0.1, 0.15) is 11.4 Å². The van der Waals surface area contributed by atoms with Crippen molar-refractivity contribution in [3.63, 3.8) is 0 Å². The number of carbonyl (C=O) groups is 1. The van der Waals surface area contributed by atoms with Gasteiger partial charge in [-0.05, 0) is 18.2 Å². The molecule has 3 rings (SSSR count). The Hall–Kier alpha value is -2.80. The minimum absolute atomic E-state index is 0.141. The highest BCUT2D eigenvalue weighted by Gasteiger charge is 2.08. The van der Waals surface area contributed by atoms with Gasteiger partial charge in [0.05, 0.1) is 17.6 Å². The van der Waals surface area contributed by atoms with Crippen molar-refractivity contribution in [2.45, 2.75) is 6.61 Å². The zero-order valence-electron chi connectivity index (χ0n) is 12.4. The maximum Gasteiger partial charge on any atom is 0.331 e. The van der Waals surface area contributed by atoms with Gasteiger partial charge in [-0.25, -0.2) is 9.78 Å². The first kappa shape index (κ1) is 15.1. The zero-order chi connectivity index (χ0) is 16.1. The normalized spacial score (nSPS) is 11.0. The van der Waals surface area contributed by atoms with E-state index < -0.39 is 5.97 Å². The van der Waals surface area contributed by atoms with Crippen molar-refractivity contribution in [3.05, 3.63) is 59.6 Å². The Kier molecular flexibility index (Phi) is 4.58. The molecule has 0 saturated carbocycles. The molecule has 3 aromatic heterocycles. The maximum atomic E-state index is 11.7. The molecule has 116 valence electrons. The van der Waals surface area contributed by atoms with Crippen LogP contribution in [0.2, 0.25) is 0 Å². The Morgan fingerprint density at radius 2 is 2.35 bits per heavy atom. The van der Waals surface area contributed by atoms with Crippen LogP contribution in [0.5, 0.6) is 0 Å². The van der Waals surface area contributed by atoms with Crippen molar-refractivity contribution in [1.82, 2.24) is 19.7 Å². The van der Waals surface area contributed by atoms with E-state index in [1.807, 2.05) is 36.8 Å². The molecule has 0 bridgehead atoms. The van der Waals surface area contributed by atoms with Gasteiger partial charge in [-0.3, -0.25) is 9.67 Å². The third-order valence-corrected chi connectivity index (χ3v) is 3.88. The average Bonchev–Trinajstić information content (AvgIpc) is 3.20. The van der Waals surface area contributed by atoms with Crippen molar-refractivity contribution in [2.24, 2.45) is 7.05 Å². The lowest BCUT2D eigenvalue weighted by molar-refractivity contribution is -0.139. The fourth-order valence-corrected chi connectivity index (χ4v) is 2.64. The number of hydrogen-bond donors (Lipinski definition) is 0. The number of rotatable bonds is 5. The molecule has 0 radical (unpaired) electrons. The number of esters is 1. The van der Waals surface area contributed by atoms with Gasteiger partial charge in [-0.1, -0.05) is 6.07 Å². The molecule has 0 spiro atoms. The quantitative estimate of drug-likeness (QED) is 0.532. The van der Waals surface area contributed by atoms with Crippen LogP contribution in [0.3, 0.4) is 0 Å². The smallest absolute Gasteiger partial charge is 0.331 e. The lowest BCUT2D eigenvalue weighted by atomic mass is 10.3. The highest BCUT2D eigenvalue weighted by molar-refractivity contribution is 7.13. The molecule has 0 aliphatic carbocycles. The molecule has 0 saturated heterocycles. The van der Waals surface area contributed by atoms with Crippen molar-refractivity contribution in [1.29, 1.82) is 0 Å². The second-order valence-corrected chi connectivity index (χ2v) is 5.60. The number of pyridine rings is 1. The van der Waals surface area contributed by atoms with E-state index in [2.05, 4.69) is 15.1 Å². The zero-order valence-corrected chi connectivity index (χ0v) is 13.2. The van der Waals surface area contributed by atoms with Crippen LogP contribution >= 0.6 is 11.3 Å². The molecule has 3 heterocycles. The number of aryl methyl sites for hydroxylation is 1. The van der Waals surface area contributed by atoms with Gasteiger partial charge in [0.15, 0.2) is 0 Å². The first-order valence-corrected chi connectivity index (χ1v) is 7.78. The first-order valence-electron chi connectivity index (χ1n) is 6.90. The lowest BCUT2D eigenvalue weighted by Crippen LogP contribution is -2.01. The van der Waals surface area contributed by atoms with Gasteiger partial charge < -0.3 is 4.74 Å². The molecule has 23 heavy (non-hydrogen) atoms. The predicted octanol–water partition coefficient (Wildman–Crippen LogP) is 2.70. The molecule has 0 aromatic carbocycles. The summed E-state index contributed by atoms with van der Waals surface area (Å²) < 4.78 is 6.90. The summed E-state index contributed by atoms with van der Waals surface area (Å²) in [4.78, 5) is 20.2. The van der Waals surface area contributed by atoms with Gasteiger partial charge in [-0.2, -0.15) is 5.10 Å². The van der Waals surface area contributed by atoms with Crippen LogP contribution in [0.4, 0.5) is 0 Å². The molecule has 7 heteroatoms. The Bertz CT molecular complexity index is 823. The number of thiazole rings is 1. The van der Waals surface area contributed by atoms with Crippen LogP contribution in [-0.2, 0) is 23.2 Å². The van der Waals surface area contributed by atoms with Crippen molar-refractivity contribution < 1.29 is 9.53 Å². The summed E-state index contributed by atoms with van der Waals surface area (Å²) in [6.45, 7) is 0.141. The molecule has 3 aromatic rings. The molecule has 0 amide bonds. The summed E-state index contributed by atoms with van der Waals surface area (Å²) in [7, 11) is 1.85. The van der Waals surface area contributed by atoms with Crippen LogP contribution in [0.15, 0.2) is 48.2 Å². The molecule has 6 nitrogen and oxygen atoms in total. The number of carbonyl (C=O) groups excluding carboxylic acids is 1. The van der Waals surface area contributed by atoms with Crippen LogP contribution < -0.4 is 0 Å².